The summed E-state index contributed by atoms with van der Waals surface area (Å²) in [5.41, 5.74) is 7.60. The van der Waals surface area contributed by atoms with Crippen LogP contribution in [0.15, 0.2) is 42.6 Å². The predicted molar refractivity (Wildman–Crippen MR) is 64.9 cm³/mol. The SMILES string of the molecule is Cc1ccc([Se]c2ccc(N)cn2)cc1. The van der Waals surface area contributed by atoms with Crippen molar-refractivity contribution in [3.63, 3.8) is 0 Å². The molecule has 2 N–H and O–H groups in total. The van der Waals surface area contributed by atoms with E-state index in [1.807, 2.05) is 12.1 Å². The van der Waals surface area contributed by atoms with Crippen molar-refractivity contribution < 1.29 is 0 Å². The second kappa shape index (κ2) is 4.47. The Kier molecular flexibility index (Phi) is 3.05. The van der Waals surface area contributed by atoms with Gasteiger partial charge in [-0.3, -0.25) is 0 Å². The number of hydrogen-bond donors (Lipinski definition) is 1. The second-order valence-corrected chi connectivity index (χ2v) is 5.64. The van der Waals surface area contributed by atoms with Crippen LogP contribution in [0, 0.1) is 6.92 Å². The van der Waals surface area contributed by atoms with Crippen LogP contribution in [-0.2, 0) is 0 Å². The van der Waals surface area contributed by atoms with Gasteiger partial charge in [0.2, 0.25) is 0 Å². The van der Waals surface area contributed by atoms with Crippen LogP contribution in [0.2, 0.25) is 0 Å². The maximum absolute atomic E-state index is 5.58. The molecular formula is C12H12N2Se. The van der Waals surface area contributed by atoms with Gasteiger partial charge in [-0.15, -0.1) is 0 Å². The van der Waals surface area contributed by atoms with E-state index in [1.54, 1.807) is 6.20 Å². The van der Waals surface area contributed by atoms with Crippen molar-refractivity contribution in [3.05, 3.63) is 48.2 Å². The summed E-state index contributed by atoms with van der Waals surface area (Å²) in [5.74, 6) is 0. The Morgan fingerprint density at radius 2 is 1.80 bits per heavy atom. The van der Waals surface area contributed by atoms with Crippen LogP contribution in [0.5, 0.6) is 0 Å². The number of nitrogens with zero attached hydrogens (tertiary/aromatic N) is 1. The molecule has 0 fully saturated rings. The van der Waals surface area contributed by atoms with Crippen molar-refractivity contribution in [2.75, 3.05) is 5.73 Å². The van der Waals surface area contributed by atoms with Crippen LogP contribution < -0.4 is 14.8 Å². The molecule has 0 aliphatic carbocycles. The van der Waals surface area contributed by atoms with E-state index in [-0.39, 0.29) is 15.0 Å². The molecule has 1 aromatic heterocycles. The molecule has 2 rings (SSSR count). The normalized spacial score (nSPS) is 10.2. The zero-order valence-corrected chi connectivity index (χ0v) is 10.2. The molecule has 0 aliphatic heterocycles. The fourth-order valence-electron chi connectivity index (χ4n) is 1.18. The second-order valence-electron chi connectivity index (χ2n) is 3.34. The molecule has 1 aromatic carbocycles. The van der Waals surface area contributed by atoms with Crippen LogP contribution in [0.4, 0.5) is 5.69 Å². The summed E-state index contributed by atoms with van der Waals surface area (Å²) in [6.45, 7) is 2.10. The van der Waals surface area contributed by atoms with Gasteiger partial charge in [0.05, 0.1) is 0 Å². The summed E-state index contributed by atoms with van der Waals surface area (Å²) < 4.78 is 2.45. The zero-order chi connectivity index (χ0) is 10.7. The van der Waals surface area contributed by atoms with Crippen LogP contribution in [0.25, 0.3) is 0 Å². The molecule has 0 spiro atoms. The molecule has 2 aromatic rings. The molecular weight excluding hydrogens is 251 g/mol. The van der Waals surface area contributed by atoms with Crippen molar-refractivity contribution >= 4 is 29.7 Å². The molecule has 0 saturated carbocycles. The summed E-state index contributed by atoms with van der Waals surface area (Å²) in [4.78, 5) is 4.30. The standard InChI is InChI=1S/C12H12N2Se/c1-9-2-5-11(6-3-9)15-12-7-4-10(13)8-14-12/h2-8H,13H2,1H3. The van der Waals surface area contributed by atoms with Gasteiger partial charge in [-0.2, -0.15) is 0 Å². The van der Waals surface area contributed by atoms with Gasteiger partial charge in [-0.25, -0.2) is 0 Å². The minimum atomic E-state index is 0.279. The molecule has 2 nitrogen and oxygen atoms in total. The van der Waals surface area contributed by atoms with E-state index in [1.165, 1.54) is 10.0 Å². The van der Waals surface area contributed by atoms with Crippen molar-refractivity contribution in [1.82, 2.24) is 4.98 Å². The van der Waals surface area contributed by atoms with Crippen molar-refractivity contribution in [3.8, 4) is 0 Å². The van der Waals surface area contributed by atoms with Crippen LogP contribution >= 0.6 is 0 Å². The van der Waals surface area contributed by atoms with E-state index in [4.69, 9.17) is 5.73 Å². The third kappa shape index (κ3) is 2.82. The number of rotatable bonds is 2. The van der Waals surface area contributed by atoms with E-state index in [9.17, 15) is 0 Å². The van der Waals surface area contributed by atoms with Crippen LogP contribution in [0.3, 0.4) is 0 Å². The number of anilines is 1. The Morgan fingerprint density at radius 3 is 2.40 bits per heavy atom. The van der Waals surface area contributed by atoms with Gasteiger partial charge >= 0.3 is 95.5 Å². The molecule has 0 unspecified atom stereocenters. The third-order valence-electron chi connectivity index (χ3n) is 2.00. The average Bonchev–Trinajstić information content (AvgIpc) is 2.25. The first-order chi connectivity index (χ1) is 7.24. The number of pyridine rings is 1. The van der Waals surface area contributed by atoms with Crippen molar-refractivity contribution in [2.45, 2.75) is 6.92 Å². The van der Waals surface area contributed by atoms with Gasteiger partial charge in [0.25, 0.3) is 0 Å². The Morgan fingerprint density at radius 1 is 1.07 bits per heavy atom. The average molecular weight is 263 g/mol. The summed E-state index contributed by atoms with van der Waals surface area (Å²) in [5, 5.41) is 0. The fourth-order valence-corrected chi connectivity index (χ4v) is 2.76. The predicted octanol–water partition coefficient (Wildman–Crippen LogP) is 0.627. The summed E-state index contributed by atoms with van der Waals surface area (Å²) in [6, 6.07) is 12.5. The van der Waals surface area contributed by atoms with Gasteiger partial charge < -0.3 is 0 Å². The Hall–Kier alpha value is -1.31. The number of hydrogen-bond acceptors (Lipinski definition) is 2. The molecule has 0 atom stereocenters. The third-order valence-corrected chi connectivity index (χ3v) is 4.01. The molecule has 3 heteroatoms. The number of nitrogen functional groups attached to an aromatic ring is 1. The van der Waals surface area contributed by atoms with Crippen LogP contribution in [-0.4, -0.2) is 19.9 Å². The van der Waals surface area contributed by atoms with Crippen molar-refractivity contribution in [1.29, 1.82) is 0 Å². The molecule has 0 amide bonds. The Labute approximate surface area is 95.7 Å². The molecule has 0 saturated heterocycles. The monoisotopic (exact) mass is 264 g/mol. The van der Waals surface area contributed by atoms with E-state index in [0.29, 0.717) is 0 Å². The first-order valence-electron chi connectivity index (χ1n) is 4.70. The van der Waals surface area contributed by atoms with Crippen LogP contribution in [0.1, 0.15) is 5.56 Å². The van der Waals surface area contributed by atoms with Crippen molar-refractivity contribution in [2.24, 2.45) is 0 Å². The van der Waals surface area contributed by atoms with E-state index in [0.717, 1.165) is 10.3 Å². The zero-order valence-electron chi connectivity index (χ0n) is 8.47. The van der Waals surface area contributed by atoms with Gasteiger partial charge in [-0.1, -0.05) is 0 Å². The first-order valence-corrected chi connectivity index (χ1v) is 6.41. The Balaban J connectivity index is 2.15. The molecule has 1 heterocycles. The van der Waals surface area contributed by atoms with E-state index < -0.39 is 0 Å². The number of nitrogens with two attached hydrogens (primary N) is 1. The quantitative estimate of drug-likeness (QED) is 0.807. The van der Waals surface area contributed by atoms with Gasteiger partial charge in [0.1, 0.15) is 0 Å². The molecule has 76 valence electrons. The van der Waals surface area contributed by atoms with E-state index >= 15 is 0 Å². The van der Waals surface area contributed by atoms with Gasteiger partial charge in [0.15, 0.2) is 0 Å². The maximum atomic E-state index is 5.58. The van der Waals surface area contributed by atoms with Gasteiger partial charge in [-0.05, 0) is 0 Å². The number of benzene rings is 1. The Bertz CT molecular complexity index is 391. The van der Waals surface area contributed by atoms with Gasteiger partial charge in [0, 0.05) is 0 Å². The first kappa shape index (κ1) is 10.2. The number of aromatic nitrogens is 1. The molecule has 0 radical (unpaired) electrons. The topological polar surface area (TPSA) is 38.9 Å². The fraction of sp³-hybridized carbons (Fsp3) is 0.0833. The summed E-state index contributed by atoms with van der Waals surface area (Å²) in [7, 11) is 0. The number of aryl methyl sites for hydroxylation is 1. The molecule has 0 bridgehead atoms. The van der Waals surface area contributed by atoms with E-state index in [2.05, 4.69) is 36.2 Å². The minimum absolute atomic E-state index is 0.279. The summed E-state index contributed by atoms with van der Waals surface area (Å²) in [6.07, 6.45) is 1.71. The molecule has 15 heavy (non-hydrogen) atoms. The molecule has 0 aliphatic rings. The summed E-state index contributed by atoms with van der Waals surface area (Å²) >= 11 is 0.279.